The van der Waals surface area contributed by atoms with Crippen LogP contribution in [0.1, 0.15) is 31.7 Å². The Morgan fingerprint density at radius 1 is 1.05 bits per heavy atom. The van der Waals surface area contributed by atoms with Crippen molar-refractivity contribution in [3.63, 3.8) is 0 Å². The van der Waals surface area contributed by atoms with Gasteiger partial charge in [-0.3, -0.25) is 4.90 Å². The Bertz CT molecular complexity index is 413. The molecule has 19 heavy (non-hydrogen) atoms. The van der Waals surface area contributed by atoms with Gasteiger partial charge in [0.25, 0.3) is 0 Å². The first kappa shape index (κ1) is 13.1. The number of hydrogen-bond donors (Lipinski definition) is 0. The van der Waals surface area contributed by atoms with Crippen LogP contribution in [-0.2, 0) is 6.42 Å². The monoisotopic (exact) mass is 259 g/mol. The number of nitrogens with zero attached hydrogens (tertiary/aromatic N) is 3. The first-order valence-electron chi connectivity index (χ1n) is 7.48. The summed E-state index contributed by atoms with van der Waals surface area (Å²) in [5.41, 5.74) is 1.64. The first-order valence-corrected chi connectivity index (χ1v) is 7.48. The summed E-state index contributed by atoms with van der Waals surface area (Å²) in [7, 11) is 2.22. The number of hydrogen-bond acceptors (Lipinski definition) is 3. The summed E-state index contributed by atoms with van der Waals surface area (Å²) in [5, 5.41) is 4.90. The van der Waals surface area contributed by atoms with Crippen molar-refractivity contribution < 1.29 is 0 Å². The molecule has 2 heterocycles. The molecule has 3 heteroatoms. The van der Waals surface area contributed by atoms with Crippen LogP contribution in [-0.4, -0.2) is 47.4 Å². The highest BCUT2D eigenvalue weighted by molar-refractivity contribution is 5.19. The second-order valence-electron chi connectivity index (χ2n) is 6.12. The lowest BCUT2D eigenvalue weighted by molar-refractivity contribution is 0.140. The number of benzene rings is 1. The van der Waals surface area contributed by atoms with E-state index in [0.29, 0.717) is 0 Å². The average Bonchev–Trinajstić information content (AvgIpc) is 2.93. The zero-order valence-corrected chi connectivity index (χ0v) is 12.2. The Hall–Kier alpha value is -0.900. The molecule has 3 atom stereocenters. The van der Waals surface area contributed by atoms with Crippen molar-refractivity contribution >= 4 is 0 Å². The SMILES string of the molecule is CN1N(CN2CCCCC2)[C@@]1(C)Cc1ccccc1. The quantitative estimate of drug-likeness (QED) is 0.769. The fraction of sp³-hybridized carbons (Fsp3) is 0.625. The van der Waals surface area contributed by atoms with Crippen LogP contribution in [0, 0.1) is 0 Å². The van der Waals surface area contributed by atoms with E-state index in [4.69, 9.17) is 0 Å². The summed E-state index contributed by atoms with van der Waals surface area (Å²) >= 11 is 0. The molecule has 0 spiro atoms. The number of likely N-dealkylation sites (tertiary alicyclic amines) is 1. The highest BCUT2D eigenvalue weighted by Gasteiger charge is 2.54. The molecule has 0 bridgehead atoms. The van der Waals surface area contributed by atoms with Crippen LogP contribution in [0.3, 0.4) is 0 Å². The van der Waals surface area contributed by atoms with Gasteiger partial charge in [-0.2, -0.15) is 0 Å². The summed E-state index contributed by atoms with van der Waals surface area (Å²) in [5.74, 6) is 0. The maximum absolute atomic E-state index is 2.59. The average molecular weight is 259 g/mol. The number of hydrazine groups is 1. The van der Waals surface area contributed by atoms with Gasteiger partial charge in [-0.15, -0.1) is 0 Å². The molecule has 3 rings (SSSR count). The second kappa shape index (κ2) is 5.23. The van der Waals surface area contributed by atoms with E-state index in [9.17, 15) is 0 Å². The van der Waals surface area contributed by atoms with E-state index in [-0.39, 0.29) is 5.66 Å². The minimum absolute atomic E-state index is 0.207. The van der Waals surface area contributed by atoms with Crippen LogP contribution in [0.15, 0.2) is 30.3 Å². The molecule has 2 aliphatic heterocycles. The Kier molecular flexibility index (Phi) is 3.61. The number of rotatable bonds is 4. The summed E-state index contributed by atoms with van der Waals surface area (Å²) in [6, 6.07) is 10.8. The topological polar surface area (TPSA) is 9.26 Å². The van der Waals surface area contributed by atoms with E-state index in [1.54, 1.807) is 0 Å². The molecule has 0 aromatic heterocycles. The minimum atomic E-state index is 0.207. The number of piperidine rings is 1. The van der Waals surface area contributed by atoms with Crippen molar-refractivity contribution in [3.8, 4) is 0 Å². The molecule has 104 valence electrons. The van der Waals surface area contributed by atoms with Gasteiger partial charge >= 0.3 is 0 Å². The van der Waals surface area contributed by atoms with E-state index < -0.39 is 0 Å². The van der Waals surface area contributed by atoms with Crippen LogP contribution in [0.2, 0.25) is 0 Å². The highest BCUT2D eigenvalue weighted by atomic mass is 15.9. The van der Waals surface area contributed by atoms with Crippen molar-refractivity contribution in [2.24, 2.45) is 0 Å². The lowest BCUT2D eigenvalue weighted by atomic mass is 10.0. The van der Waals surface area contributed by atoms with Crippen molar-refractivity contribution in [2.75, 3.05) is 26.8 Å². The molecule has 0 saturated carbocycles. The van der Waals surface area contributed by atoms with Gasteiger partial charge < -0.3 is 0 Å². The molecule has 1 aromatic carbocycles. The molecule has 2 aliphatic rings. The zero-order chi connectivity index (χ0) is 13.3. The zero-order valence-electron chi connectivity index (χ0n) is 12.2. The van der Waals surface area contributed by atoms with Crippen LogP contribution in [0.4, 0.5) is 0 Å². The third-order valence-electron chi connectivity index (χ3n) is 4.74. The molecule has 1 aromatic rings. The molecule has 2 unspecified atom stereocenters. The van der Waals surface area contributed by atoms with E-state index >= 15 is 0 Å². The van der Waals surface area contributed by atoms with Gasteiger partial charge in [-0.05, 0) is 38.4 Å². The maximum atomic E-state index is 2.59. The van der Waals surface area contributed by atoms with Crippen molar-refractivity contribution in [2.45, 2.75) is 38.3 Å². The molecule has 3 nitrogen and oxygen atoms in total. The molecular formula is C16H25N3. The molecule has 0 amide bonds. The lowest BCUT2D eigenvalue weighted by Crippen LogP contribution is -2.36. The lowest BCUT2D eigenvalue weighted by Gasteiger charge is -2.27. The van der Waals surface area contributed by atoms with Crippen LogP contribution >= 0.6 is 0 Å². The minimum Gasteiger partial charge on any atom is -0.289 e. The van der Waals surface area contributed by atoms with Gasteiger partial charge in [0.15, 0.2) is 0 Å². The fourth-order valence-corrected chi connectivity index (χ4v) is 3.25. The van der Waals surface area contributed by atoms with E-state index in [1.807, 2.05) is 0 Å². The summed E-state index contributed by atoms with van der Waals surface area (Å²) in [4.78, 5) is 2.59. The smallest absolute Gasteiger partial charge is 0.103 e. The van der Waals surface area contributed by atoms with Gasteiger partial charge in [0.2, 0.25) is 0 Å². The van der Waals surface area contributed by atoms with Gasteiger partial charge in [0.1, 0.15) is 5.66 Å². The van der Waals surface area contributed by atoms with Gasteiger partial charge in [-0.25, -0.2) is 10.0 Å². The Morgan fingerprint density at radius 2 is 1.74 bits per heavy atom. The molecule has 0 N–H and O–H groups in total. The van der Waals surface area contributed by atoms with E-state index in [2.05, 4.69) is 59.2 Å². The van der Waals surface area contributed by atoms with Crippen LogP contribution in [0.5, 0.6) is 0 Å². The maximum Gasteiger partial charge on any atom is 0.103 e. The first-order chi connectivity index (χ1) is 9.20. The van der Waals surface area contributed by atoms with Crippen molar-refractivity contribution in [1.82, 2.24) is 14.9 Å². The standard InChI is InChI=1S/C16H25N3/c1-16(13-15-9-5-3-6-10-15)17(2)19(16)14-18-11-7-4-8-12-18/h3,5-6,9-10H,4,7-8,11-14H2,1-2H3/t16-,17?,19?/m0/s1. The van der Waals surface area contributed by atoms with E-state index in [1.165, 1.54) is 37.9 Å². The summed E-state index contributed by atoms with van der Waals surface area (Å²) < 4.78 is 0. The van der Waals surface area contributed by atoms with Crippen molar-refractivity contribution in [3.05, 3.63) is 35.9 Å². The van der Waals surface area contributed by atoms with E-state index in [0.717, 1.165) is 13.1 Å². The highest BCUT2D eigenvalue weighted by Crippen LogP contribution is 2.40. The fourth-order valence-electron chi connectivity index (χ4n) is 3.25. The summed E-state index contributed by atoms with van der Waals surface area (Å²) in [6.07, 6.45) is 5.26. The normalized spacial score (nSPS) is 35.3. The van der Waals surface area contributed by atoms with Gasteiger partial charge in [0.05, 0.1) is 6.67 Å². The Labute approximate surface area is 116 Å². The molecule has 0 radical (unpaired) electrons. The Balaban J connectivity index is 1.59. The van der Waals surface area contributed by atoms with Gasteiger partial charge in [0, 0.05) is 13.5 Å². The third-order valence-corrected chi connectivity index (χ3v) is 4.74. The molecule has 2 saturated heterocycles. The predicted octanol–water partition coefficient (Wildman–Crippen LogP) is 2.55. The van der Waals surface area contributed by atoms with Crippen molar-refractivity contribution in [1.29, 1.82) is 0 Å². The summed E-state index contributed by atoms with van der Waals surface area (Å²) in [6.45, 7) is 5.99. The molecular weight excluding hydrogens is 234 g/mol. The third kappa shape index (κ3) is 2.69. The van der Waals surface area contributed by atoms with Crippen LogP contribution < -0.4 is 0 Å². The second-order valence-corrected chi connectivity index (χ2v) is 6.12. The largest absolute Gasteiger partial charge is 0.289 e. The van der Waals surface area contributed by atoms with Gasteiger partial charge in [-0.1, -0.05) is 36.8 Å². The Morgan fingerprint density at radius 3 is 2.42 bits per heavy atom. The molecule has 2 fully saturated rings. The molecule has 0 aliphatic carbocycles. The van der Waals surface area contributed by atoms with Crippen LogP contribution in [0.25, 0.3) is 0 Å². The predicted molar refractivity (Wildman–Crippen MR) is 78.4 cm³/mol. The number of likely N-dealkylation sites (N-methyl/N-ethyl adjacent to an activating group) is 1.